The maximum atomic E-state index is 12.9. The van der Waals surface area contributed by atoms with Crippen molar-refractivity contribution in [3.63, 3.8) is 0 Å². The van der Waals surface area contributed by atoms with Gasteiger partial charge in [0.05, 0.1) is 6.33 Å². The van der Waals surface area contributed by atoms with E-state index in [9.17, 15) is 16.8 Å². The number of aromatic nitrogens is 3. The normalized spacial score (nSPS) is 17.6. The van der Waals surface area contributed by atoms with Gasteiger partial charge in [-0.15, -0.1) is 0 Å². The van der Waals surface area contributed by atoms with Crippen molar-refractivity contribution < 1.29 is 21.4 Å². The molecular weight excluding hydrogens is 418 g/mol. The van der Waals surface area contributed by atoms with Crippen LogP contribution >= 0.6 is 0 Å². The minimum Gasteiger partial charge on any atom is -0.356 e. The summed E-state index contributed by atoms with van der Waals surface area (Å²) < 4.78 is 60.8. The molecule has 0 aliphatic carbocycles. The summed E-state index contributed by atoms with van der Waals surface area (Å²) in [5, 5.41) is 4.52. The van der Waals surface area contributed by atoms with Crippen LogP contribution in [0.1, 0.15) is 12.1 Å². The van der Waals surface area contributed by atoms with E-state index in [-0.39, 0.29) is 37.0 Å². The molecule has 4 rings (SSSR count). The lowest BCUT2D eigenvalue weighted by molar-refractivity contribution is 0.402. The van der Waals surface area contributed by atoms with Crippen molar-refractivity contribution in [3.8, 4) is 0 Å². The number of rotatable bonds is 5. The summed E-state index contributed by atoms with van der Waals surface area (Å²) in [7, 11) is -5.75. The maximum Gasteiger partial charge on any atom is 0.262 e. The molecule has 0 radical (unpaired) electrons. The van der Waals surface area contributed by atoms with Gasteiger partial charge < -0.3 is 9.09 Å². The fourth-order valence-electron chi connectivity index (χ4n) is 3.35. The highest BCUT2D eigenvalue weighted by atomic mass is 32.2. The molecule has 0 unspecified atom stereocenters. The molecule has 0 saturated carbocycles. The molecular formula is C17H21N5O5S2. The van der Waals surface area contributed by atoms with E-state index >= 15 is 0 Å². The van der Waals surface area contributed by atoms with E-state index in [1.807, 2.05) is 0 Å². The Kier molecular flexibility index (Phi) is 5.19. The Labute approximate surface area is 168 Å². The lowest BCUT2D eigenvalue weighted by atomic mass is 10.2. The van der Waals surface area contributed by atoms with Crippen molar-refractivity contribution >= 4 is 31.0 Å². The van der Waals surface area contributed by atoms with Crippen molar-refractivity contribution in [2.75, 3.05) is 26.2 Å². The number of benzene rings is 1. The largest absolute Gasteiger partial charge is 0.356 e. The van der Waals surface area contributed by atoms with Gasteiger partial charge in [-0.25, -0.2) is 26.1 Å². The third-order valence-electron chi connectivity index (χ3n) is 4.86. The van der Waals surface area contributed by atoms with Crippen LogP contribution in [0.2, 0.25) is 0 Å². The van der Waals surface area contributed by atoms with Gasteiger partial charge in [-0.3, -0.25) is 0 Å². The summed E-state index contributed by atoms with van der Waals surface area (Å²) >= 11 is 0. The molecule has 2 aromatic heterocycles. The van der Waals surface area contributed by atoms with Crippen molar-refractivity contribution in [3.05, 3.63) is 42.5 Å². The Bertz CT molecular complexity index is 1230. The average Bonchev–Trinajstić information content (AvgIpc) is 3.19. The zero-order valence-electron chi connectivity index (χ0n) is 15.8. The fraction of sp³-hybridized carbons (Fsp3) is 0.412. The van der Waals surface area contributed by atoms with Crippen LogP contribution in [0, 0.1) is 0 Å². The molecule has 1 aromatic carbocycles. The molecule has 0 bridgehead atoms. The highest BCUT2D eigenvalue weighted by molar-refractivity contribution is 7.89. The molecule has 12 heteroatoms. The van der Waals surface area contributed by atoms with Crippen molar-refractivity contribution in [1.82, 2.24) is 23.3 Å². The van der Waals surface area contributed by atoms with Crippen molar-refractivity contribution in [1.29, 1.82) is 0 Å². The second-order valence-electron chi connectivity index (χ2n) is 6.92. The highest BCUT2D eigenvalue weighted by Gasteiger charge is 2.32. The smallest absolute Gasteiger partial charge is 0.262 e. The van der Waals surface area contributed by atoms with Crippen LogP contribution in [0.3, 0.4) is 0 Å². The Morgan fingerprint density at radius 3 is 2.52 bits per heavy atom. The second-order valence-corrected chi connectivity index (χ2v) is 10.8. The van der Waals surface area contributed by atoms with Gasteiger partial charge in [0.25, 0.3) is 10.0 Å². The van der Waals surface area contributed by atoms with E-state index in [0.717, 1.165) is 0 Å². The summed E-state index contributed by atoms with van der Waals surface area (Å²) in [4.78, 5) is 3.92. The first-order chi connectivity index (χ1) is 13.8. The number of imidazole rings is 1. The quantitative estimate of drug-likeness (QED) is 0.576. The lowest BCUT2D eigenvalue weighted by Crippen LogP contribution is -2.38. The topological polar surface area (TPSA) is 119 Å². The standard InChI is InChI=1S/C17H21N5O5S2/c1-20-11-17(18-13-20)29(25,26)22-8-4-7-21(9-10-22)28(23,24)12-15-14-5-2-3-6-16(14)27-19-15/h2-3,5-6,11,13H,4,7-10,12H2,1H3. The minimum absolute atomic E-state index is 0.0367. The molecule has 1 fully saturated rings. The fourth-order valence-corrected chi connectivity index (χ4v) is 6.29. The Hall–Kier alpha value is -2.28. The molecule has 0 N–H and O–H groups in total. The number of hydrogen-bond acceptors (Lipinski definition) is 7. The molecule has 1 saturated heterocycles. The molecule has 156 valence electrons. The van der Waals surface area contributed by atoms with Crippen LogP contribution in [-0.2, 0) is 32.8 Å². The van der Waals surface area contributed by atoms with E-state index in [2.05, 4.69) is 10.1 Å². The monoisotopic (exact) mass is 439 g/mol. The number of nitrogens with zero attached hydrogens (tertiary/aromatic N) is 5. The van der Waals surface area contributed by atoms with Gasteiger partial charge >= 0.3 is 0 Å². The molecule has 0 atom stereocenters. The van der Waals surface area contributed by atoms with Gasteiger partial charge in [-0.2, -0.15) is 4.31 Å². The zero-order valence-corrected chi connectivity index (χ0v) is 17.4. The van der Waals surface area contributed by atoms with Crippen LogP contribution in [0.4, 0.5) is 0 Å². The number of para-hydroxylation sites is 1. The Morgan fingerprint density at radius 1 is 1.03 bits per heavy atom. The SMILES string of the molecule is Cn1cnc(S(=O)(=O)N2CCCN(S(=O)(=O)Cc3noc4ccccc34)CC2)c1. The molecule has 0 amide bonds. The molecule has 3 heterocycles. The van der Waals surface area contributed by atoms with Crippen LogP contribution in [0.5, 0.6) is 0 Å². The number of hydrogen-bond donors (Lipinski definition) is 0. The number of fused-ring (bicyclic) bond motifs is 1. The molecule has 10 nitrogen and oxygen atoms in total. The molecule has 1 aliphatic heterocycles. The Morgan fingerprint density at radius 2 is 1.76 bits per heavy atom. The van der Waals surface area contributed by atoms with Crippen LogP contribution in [0.15, 0.2) is 46.3 Å². The summed E-state index contributed by atoms with van der Waals surface area (Å²) in [5.41, 5.74) is 0.879. The van der Waals surface area contributed by atoms with E-state index < -0.39 is 20.0 Å². The van der Waals surface area contributed by atoms with E-state index in [0.29, 0.717) is 23.1 Å². The maximum absolute atomic E-state index is 12.9. The third-order valence-corrected chi connectivity index (χ3v) is 8.44. The molecule has 0 spiro atoms. The summed E-state index contributed by atoms with van der Waals surface area (Å²) in [6.45, 7) is 0.617. The highest BCUT2D eigenvalue weighted by Crippen LogP contribution is 2.22. The predicted molar refractivity (Wildman–Crippen MR) is 105 cm³/mol. The first kappa shape index (κ1) is 20.0. The first-order valence-corrected chi connectivity index (χ1v) is 12.1. The van der Waals surface area contributed by atoms with E-state index in [4.69, 9.17) is 4.52 Å². The zero-order chi connectivity index (χ0) is 20.6. The van der Waals surface area contributed by atoms with E-state index in [1.54, 1.807) is 35.9 Å². The second kappa shape index (κ2) is 7.52. The summed E-state index contributed by atoms with van der Waals surface area (Å²) in [6.07, 6.45) is 3.25. The van der Waals surface area contributed by atoms with Gasteiger partial charge in [-0.05, 0) is 18.6 Å². The Balaban J connectivity index is 1.50. The number of aryl methyl sites for hydroxylation is 1. The first-order valence-electron chi connectivity index (χ1n) is 9.06. The lowest BCUT2D eigenvalue weighted by Gasteiger charge is -2.20. The van der Waals surface area contributed by atoms with Crippen LogP contribution < -0.4 is 0 Å². The molecule has 29 heavy (non-hydrogen) atoms. The van der Waals surface area contributed by atoms with Gasteiger partial charge in [0.15, 0.2) is 10.6 Å². The number of sulfonamides is 2. The molecule has 3 aromatic rings. The van der Waals surface area contributed by atoms with Crippen LogP contribution in [0.25, 0.3) is 11.0 Å². The van der Waals surface area contributed by atoms with Crippen LogP contribution in [-0.4, -0.2) is 66.3 Å². The van der Waals surface area contributed by atoms with Gasteiger partial charge in [0.1, 0.15) is 11.4 Å². The average molecular weight is 440 g/mol. The predicted octanol–water partition coefficient (Wildman–Crippen LogP) is 0.788. The van der Waals surface area contributed by atoms with Gasteiger partial charge in [0, 0.05) is 44.8 Å². The third kappa shape index (κ3) is 3.92. The minimum atomic E-state index is -3.76. The summed E-state index contributed by atoms with van der Waals surface area (Å²) in [5.74, 6) is -0.295. The van der Waals surface area contributed by atoms with Gasteiger partial charge in [0.2, 0.25) is 10.0 Å². The van der Waals surface area contributed by atoms with Crippen molar-refractivity contribution in [2.45, 2.75) is 17.2 Å². The summed E-state index contributed by atoms with van der Waals surface area (Å²) in [6, 6.07) is 7.07. The van der Waals surface area contributed by atoms with Gasteiger partial charge in [-0.1, -0.05) is 17.3 Å². The van der Waals surface area contributed by atoms with Crippen molar-refractivity contribution in [2.24, 2.45) is 7.05 Å². The molecule has 1 aliphatic rings. The van der Waals surface area contributed by atoms with E-state index in [1.165, 1.54) is 21.1 Å².